The fourth-order valence-electron chi connectivity index (χ4n) is 3.82. The third kappa shape index (κ3) is 4.25. The van der Waals surface area contributed by atoms with Crippen LogP contribution in [0.15, 0.2) is 71.9 Å². The number of nitrogens with zero attached hydrogens (tertiary/aromatic N) is 3. The maximum atomic E-state index is 4.54. The first-order chi connectivity index (χ1) is 13.8. The van der Waals surface area contributed by atoms with Crippen LogP contribution >= 0.6 is 0 Å². The molecule has 1 unspecified atom stereocenters. The van der Waals surface area contributed by atoms with Gasteiger partial charge in [0.1, 0.15) is 0 Å². The molecule has 1 aliphatic heterocycles. The number of rotatable bonds is 5. The quantitative estimate of drug-likeness (QED) is 0.533. The minimum atomic E-state index is 0.408. The fraction of sp³-hybridized carbons (Fsp3) is 0.304. The van der Waals surface area contributed by atoms with Crippen LogP contribution in [0.3, 0.4) is 0 Å². The summed E-state index contributed by atoms with van der Waals surface area (Å²) in [7, 11) is 1.83. The Kier molecular flexibility index (Phi) is 5.71. The molecule has 1 fully saturated rings. The van der Waals surface area contributed by atoms with Gasteiger partial charge in [-0.15, -0.1) is 0 Å². The highest BCUT2D eigenvalue weighted by molar-refractivity contribution is 5.82. The van der Waals surface area contributed by atoms with Crippen LogP contribution in [0.5, 0.6) is 0 Å². The summed E-state index contributed by atoms with van der Waals surface area (Å²) in [6, 6.07) is 21.5. The molecule has 5 nitrogen and oxygen atoms in total. The molecule has 0 bridgehead atoms. The topological polar surface area (TPSA) is 52.6 Å². The van der Waals surface area contributed by atoms with Gasteiger partial charge in [0, 0.05) is 50.0 Å². The van der Waals surface area contributed by atoms with E-state index >= 15 is 0 Å². The van der Waals surface area contributed by atoms with Crippen molar-refractivity contribution < 1.29 is 0 Å². The highest BCUT2D eigenvalue weighted by atomic mass is 15.2. The summed E-state index contributed by atoms with van der Waals surface area (Å²) in [5.41, 5.74) is 3.64. The predicted molar refractivity (Wildman–Crippen MR) is 117 cm³/mol. The maximum Gasteiger partial charge on any atom is 0.191 e. The smallest absolute Gasteiger partial charge is 0.191 e. The minimum Gasteiger partial charge on any atom is -0.369 e. The van der Waals surface area contributed by atoms with Gasteiger partial charge in [-0.25, -0.2) is 0 Å². The number of hydrogen-bond donors (Lipinski definition) is 2. The van der Waals surface area contributed by atoms with Crippen molar-refractivity contribution in [3.05, 3.63) is 72.4 Å². The van der Waals surface area contributed by atoms with E-state index in [0.29, 0.717) is 6.04 Å². The number of guanidine groups is 1. The van der Waals surface area contributed by atoms with Crippen LogP contribution < -0.4 is 15.5 Å². The Labute approximate surface area is 166 Å². The van der Waals surface area contributed by atoms with Gasteiger partial charge in [-0.2, -0.15) is 0 Å². The zero-order chi connectivity index (χ0) is 19.2. The highest BCUT2D eigenvalue weighted by Crippen LogP contribution is 2.19. The molecule has 3 aromatic rings. The fourth-order valence-corrected chi connectivity index (χ4v) is 3.82. The summed E-state index contributed by atoms with van der Waals surface area (Å²) in [6.45, 7) is 2.89. The largest absolute Gasteiger partial charge is 0.369 e. The minimum absolute atomic E-state index is 0.408. The molecule has 1 saturated heterocycles. The van der Waals surface area contributed by atoms with Crippen LogP contribution in [0.2, 0.25) is 0 Å². The summed E-state index contributed by atoms with van der Waals surface area (Å²) >= 11 is 0. The van der Waals surface area contributed by atoms with Crippen molar-refractivity contribution in [1.29, 1.82) is 0 Å². The molecule has 0 aliphatic carbocycles. The lowest BCUT2D eigenvalue weighted by Gasteiger charge is -2.20. The van der Waals surface area contributed by atoms with Crippen molar-refractivity contribution in [3.8, 4) is 0 Å². The first-order valence-corrected chi connectivity index (χ1v) is 9.93. The molecule has 2 aromatic carbocycles. The molecule has 28 heavy (non-hydrogen) atoms. The van der Waals surface area contributed by atoms with E-state index in [0.717, 1.165) is 44.0 Å². The van der Waals surface area contributed by atoms with Gasteiger partial charge in [0.2, 0.25) is 0 Å². The molecule has 0 radical (unpaired) electrons. The molecule has 0 amide bonds. The summed E-state index contributed by atoms with van der Waals surface area (Å²) in [6.07, 6.45) is 3.89. The van der Waals surface area contributed by atoms with Gasteiger partial charge in [0.05, 0.1) is 5.52 Å². The Morgan fingerprint density at radius 3 is 2.82 bits per heavy atom. The summed E-state index contributed by atoms with van der Waals surface area (Å²) in [5.74, 6) is 0.869. The second-order valence-electron chi connectivity index (χ2n) is 7.15. The summed E-state index contributed by atoms with van der Waals surface area (Å²) in [4.78, 5) is 11.4. The van der Waals surface area contributed by atoms with Crippen LogP contribution in [0.1, 0.15) is 12.0 Å². The van der Waals surface area contributed by atoms with Gasteiger partial charge in [-0.1, -0.05) is 42.5 Å². The van der Waals surface area contributed by atoms with Crippen LogP contribution in [-0.4, -0.2) is 43.7 Å². The van der Waals surface area contributed by atoms with Crippen molar-refractivity contribution in [2.75, 3.05) is 31.6 Å². The first-order valence-electron chi connectivity index (χ1n) is 9.93. The lowest BCUT2D eigenvalue weighted by atomic mass is 10.1. The van der Waals surface area contributed by atoms with Gasteiger partial charge in [0.25, 0.3) is 0 Å². The Morgan fingerprint density at radius 2 is 1.96 bits per heavy atom. The second-order valence-corrected chi connectivity index (χ2v) is 7.15. The van der Waals surface area contributed by atoms with Crippen molar-refractivity contribution in [3.63, 3.8) is 0 Å². The standard InChI is InChI=1S/C23H27N5/c1-24-23(27-20-13-16-28(17-20)21-10-3-2-4-11-21)26-15-12-19-8-5-7-18-9-6-14-25-22(18)19/h2-11,14,20H,12-13,15-17H2,1H3,(H2,24,26,27). The Morgan fingerprint density at radius 1 is 1.11 bits per heavy atom. The maximum absolute atomic E-state index is 4.54. The number of hydrogen-bond acceptors (Lipinski definition) is 3. The summed E-state index contributed by atoms with van der Waals surface area (Å²) in [5, 5.41) is 8.22. The molecule has 1 aromatic heterocycles. The first kappa shape index (κ1) is 18.3. The molecule has 2 N–H and O–H groups in total. The molecule has 0 spiro atoms. The van der Waals surface area contributed by atoms with E-state index in [1.54, 1.807) is 0 Å². The lowest BCUT2D eigenvalue weighted by Crippen LogP contribution is -2.45. The van der Waals surface area contributed by atoms with E-state index in [2.05, 4.69) is 80.1 Å². The average molecular weight is 374 g/mol. The molecule has 0 saturated carbocycles. The molecule has 5 heteroatoms. The molecular weight excluding hydrogens is 346 g/mol. The number of aliphatic imine (C=N–C) groups is 1. The van der Waals surface area contributed by atoms with E-state index in [1.165, 1.54) is 16.6 Å². The zero-order valence-electron chi connectivity index (χ0n) is 16.3. The number of nitrogens with one attached hydrogen (secondary N) is 2. The number of aromatic nitrogens is 1. The third-order valence-electron chi connectivity index (χ3n) is 5.28. The lowest BCUT2D eigenvalue weighted by molar-refractivity contribution is 0.648. The molecule has 1 atom stereocenters. The van der Waals surface area contributed by atoms with Crippen molar-refractivity contribution >= 4 is 22.5 Å². The number of benzene rings is 2. The van der Waals surface area contributed by atoms with Crippen molar-refractivity contribution in [1.82, 2.24) is 15.6 Å². The summed E-state index contributed by atoms with van der Waals surface area (Å²) < 4.78 is 0. The third-order valence-corrected chi connectivity index (χ3v) is 5.28. The van der Waals surface area contributed by atoms with Crippen molar-refractivity contribution in [2.45, 2.75) is 18.9 Å². The Balaban J connectivity index is 1.30. The zero-order valence-corrected chi connectivity index (χ0v) is 16.3. The van der Waals surface area contributed by atoms with Gasteiger partial charge >= 0.3 is 0 Å². The van der Waals surface area contributed by atoms with Crippen LogP contribution in [0, 0.1) is 0 Å². The van der Waals surface area contributed by atoms with Crippen LogP contribution in [-0.2, 0) is 6.42 Å². The highest BCUT2D eigenvalue weighted by Gasteiger charge is 2.23. The van der Waals surface area contributed by atoms with E-state index in [1.807, 2.05) is 19.3 Å². The van der Waals surface area contributed by atoms with Crippen LogP contribution in [0.25, 0.3) is 10.9 Å². The molecule has 1 aliphatic rings. The Bertz CT molecular complexity index is 933. The number of fused-ring (bicyclic) bond motifs is 1. The van der Waals surface area contributed by atoms with E-state index < -0.39 is 0 Å². The predicted octanol–water partition coefficient (Wildman–Crippen LogP) is 3.22. The van der Waals surface area contributed by atoms with Crippen molar-refractivity contribution in [2.24, 2.45) is 4.99 Å². The second kappa shape index (κ2) is 8.74. The van der Waals surface area contributed by atoms with Gasteiger partial charge in [-0.05, 0) is 36.6 Å². The molecule has 2 heterocycles. The normalized spacial score (nSPS) is 17.1. The number of para-hydroxylation sites is 2. The van der Waals surface area contributed by atoms with Gasteiger partial charge in [-0.3, -0.25) is 9.98 Å². The van der Waals surface area contributed by atoms with Gasteiger partial charge < -0.3 is 15.5 Å². The SMILES string of the molecule is CN=C(NCCc1cccc2cccnc12)NC1CCN(c2ccccc2)C1. The molecular formula is C23H27N5. The van der Waals surface area contributed by atoms with E-state index in [-0.39, 0.29) is 0 Å². The van der Waals surface area contributed by atoms with E-state index in [4.69, 9.17) is 0 Å². The van der Waals surface area contributed by atoms with Gasteiger partial charge in [0.15, 0.2) is 5.96 Å². The number of pyridine rings is 1. The van der Waals surface area contributed by atoms with Crippen LogP contribution in [0.4, 0.5) is 5.69 Å². The molecule has 4 rings (SSSR count). The average Bonchev–Trinajstić information content (AvgIpc) is 3.22. The monoisotopic (exact) mass is 373 g/mol. The molecule has 144 valence electrons. The Hall–Kier alpha value is -3.08. The van der Waals surface area contributed by atoms with E-state index in [9.17, 15) is 0 Å². The number of anilines is 1.